The molecule has 0 aromatic heterocycles. The van der Waals surface area contributed by atoms with Gasteiger partial charge in [-0.3, -0.25) is 24.1 Å². The molecule has 1 aliphatic rings. The number of aldehydes is 1. The number of nitrogens with zero attached hydrogens (tertiary/aromatic N) is 3. The van der Waals surface area contributed by atoms with Gasteiger partial charge in [-0.2, -0.15) is 0 Å². The van der Waals surface area contributed by atoms with Crippen molar-refractivity contribution >= 4 is 46.9 Å². The molecule has 0 spiro atoms. The Bertz CT molecular complexity index is 1130. The molecule has 0 unspecified atom stereocenters. The minimum Gasteiger partial charge on any atom is -0.506 e. The zero-order chi connectivity index (χ0) is 24.8. The predicted molar refractivity (Wildman–Crippen MR) is 128 cm³/mol. The molecular formula is C24H26N4O6. The van der Waals surface area contributed by atoms with E-state index in [0.29, 0.717) is 24.3 Å². The SMILES string of the molecule is CN(C)c1ccc(N2CN(c3ccccc3)CCC2=O)cc1/C(O)=C(\C=O)C(=O)NCC(=O)O. The second kappa shape index (κ2) is 10.5. The van der Waals surface area contributed by atoms with Gasteiger partial charge in [0.05, 0.1) is 6.67 Å². The van der Waals surface area contributed by atoms with Crippen LogP contribution in [0.2, 0.25) is 0 Å². The summed E-state index contributed by atoms with van der Waals surface area (Å²) in [4.78, 5) is 52.7. The standard InChI is InChI=1S/C24H26N4O6/c1-26(2)20-9-8-17(12-18(20)23(33)19(14-29)24(34)25-13-22(31)32)28-15-27(11-10-21(28)30)16-6-4-3-5-7-16/h3-9,12,14,33H,10-11,13,15H2,1-2H3,(H,25,34)(H,31,32)/b23-19-. The zero-order valence-electron chi connectivity index (χ0n) is 18.9. The van der Waals surface area contributed by atoms with Gasteiger partial charge in [-0.15, -0.1) is 0 Å². The number of carbonyl (C=O) groups excluding carboxylic acids is 3. The van der Waals surface area contributed by atoms with E-state index in [1.165, 1.54) is 6.07 Å². The van der Waals surface area contributed by atoms with Gasteiger partial charge in [-0.1, -0.05) is 18.2 Å². The number of carboxylic acid groups (broad SMARTS) is 1. The minimum absolute atomic E-state index is 0.103. The van der Waals surface area contributed by atoms with E-state index in [4.69, 9.17) is 5.11 Å². The number of hydrogen-bond donors (Lipinski definition) is 3. The third kappa shape index (κ3) is 5.34. The van der Waals surface area contributed by atoms with Crippen molar-refractivity contribution in [3.05, 3.63) is 59.7 Å². The Labute approximate surface area is 196 Å². The monoisotopic (exact) mass is 466 g/mol. The highest BCUT2D eigenvalue weighted by Gasteiger charge is 2.27. The normalized spacial score (nSPS) is 14.4. The number of aliphatic hydroxyl groups is 1. The lowest BCUT2D eigenvalue weighted by Crippen LogP contribution is -2.48. The third-order valence-corrected chi connectivity index (χ3v) is 5.38. The van der Waals surface area contributed by atoms with Gasteiger partial charge in [0.25, 0.3) is 5.91 Å². The number of para-hydroxylation sites is 1. The Morgan fingerprint density at radius 2 is 1.79 bits per heavy atom. The van der Waals surface area contributed by atoms with Crippen molar-refractivity contribution in [2.24, 2.45) is 0 Å². The second-order valence-electron chi connectivity index (χ2n) is 7.86. The van der Waals surface area contributed by atoms with Crippen LogP contribution in [0.4, 0.5) is 17.1 Å². The molecule has 0 bridgehead atoms. The Morgan fingerprint density at radius 1 is 1.09 bits per heavy atom. The molecule has 34 heavy (non-hydrogen) atoms. The summed E-state index contributed by atoms with van der Waals surface area (Å²) in [5.74, 6) is -3.03. The van der Waals surface area contributed by atoms with Crippen LogP contribution in [0.25, 0.3) is 5.76 Å². The molecule has 0 atom stereocenters. The first-order valence-electron chi connectivity index (χ1n) is 10.5. The van der Waals surface area contributed by atoms with E-state index in [1.807, 2.05) is 35.2 Å². The van der Waals surface area contributed by atoms with E-state index < -0.39 is 29.8 Å². The molecule has 2 aromatic rings. The molecular weight excluding hydrogens is 440 g/mol. The van der Waals surface area contributed by atoms with Gasteiger partial charge >= 0.3 is 5.97 Å². The van der Waals surface area contributed by atoms with Crippen LogP contribution in [0.3, 0.4) is 0 Å². The highest BCUT2D eigenvalue weighted by molar-refractivity contribution is 6.16. The van der Waals surface area contributed by atoms with E-state index in [0.717, 1.165) is 5.69 Å². The third-order valence-electron chi connectivity index (χ3n) is 5.38. The molecule has 0 saturated carbocycles. The summed E-state index contributed by atoms with van der Waals surface area (Å²) < 4.78 is 0. The van der Waals surface area contributed by atoms with Crippen LogP contribution in [-0.4, -0.2) is 68.1 Å². The van der Waals surface area contributed by atoms with Crippen LogP contribution in [0, 0.1) is 0 Å². The Hall–Kier alpha value is -4.34. The number of benzene rings is 2. The molecule has 3 rings (SSSR count). The number of aliphatic hydroxyl groups excluding tert-OH is 1. The van der Waals surface area contributed by atoms with E-state index in [9.17, 15) is 24.3 Å². The van der Waals surface area contributed by atoms with Crippen LogP contribution in [0.1, 0.15) is 12.0 Å². The summed E-state index contributed by atoms with van der Waals surface area (Å²) in [6.07, 6.45) is 0.459. The summed E-state index contributed by atoms with van der Waals surface area (Å²) in [5, 5.41) is 21.7. The quantitative estimate of drug-likeness (QED) is 0.176. The van der Waals surface area contributed by atoms with Crippen LogP contribution >= 0.6 is 0 Å². The molecule has 2 aromatic carbocycles. The number of amides is 2. The number of hydrogen-bond acceptors (Lipinski definition) is 7. The smallest absolute Gasteiger partial charge is 0.322 e. The number of carboxylic acids is 1. The summed E-state index contributed by atoms with van der Waals surface area (Å²) in [5.41, 5.74) is 1.48. The van der Waals surface area contributed by atoms with Gasteiger partial charge in [-0.05, 0) is 30.3 Å². The average molecular weight is 466 g/mol. The fourth-order valence-corrected chi connectivity index (χ4v) is 3.65. The van der Waals surface area contributed by atoms with E-state index in [2.05, 4.69) is 5.32 Å². The summed E-state index contributed by atoms with van der Waals surface area (Å²) >= 11 is 0. The lowest BCUT2D eigenvalue weighted by Gasteiger charge is -2.37. The maximum atomic E-state index is 12.8. The minimum atomic E-state index is -1.29. The number of anilines is 3. The predicted octanol–water partition coefficient (Wildman–Crippen LogP) is 1.62. The molecule has 1 aliphatic heterocycles. The lowest BCUT2D eigenvalue weighted by molar-refractivity contribution is -0.137. The molecule has 2 amide bonds. The second-order valence-corrected chi connectivity index (χ2v) is 7.86. The summed E-state index contributed by atoms with van der Waals surface area (Å²) in [6.45, 7) is 0.140. The van der Waals surface area contributed by atoms with Gasteiger partial charge < -0.3 is 25.3 Å². The Morgan fingerprint density at radius 3 is 2.41 bits per heavy atom. The van der Waals surface area contributed by atoms with Crippen molar-refractivity contribution in [2.75, 3.05) is 48.6 Å². The summed E-state index contributed by atoms with van der Waals surface area (Å²) in [7, 11) is 3.44. The number of nitrogens with one attached hydrogen (secondary N) is 1. The maximum absolute atomic E-state index is 12.8. The van der Waals surface area contributed by atoms with Gasteiger partial charge in [0.1, 0.15) is 17.9 Å². The number of carbonyl (C=O) groups is 4. The molecule has 0 aliphatic carbocycles. The van der Waals surface area contributed by atoms with Crippen LogP contribution in [-0.2, 0) is 19.2 Å². The molecule has 10 heteroatoms. The van der Waals surface area contributed by atoms with Crippen molar-refractivity contribution in [3.8, 4) is 0 Å². The van der Waals surface area contributed by atoms with E-state index >= 15 is 0 Å². The highest BCUT2D eigenvalue weighted by atomic mass is 16.4. The van der Waals surface area contributed by atoms with Crippen molar-refractivity contribution in [1.82, 2.24) is 5.32 Å². The molecule has 10 nitrogen and oxygen atoms in total. The van der Waals surface area contributed by atoms with Crippen molar-refractivity contribution < 1.29 is 29.4 Å². The molecule has 1 saturated heterocycles. The summed E-state index contributed by atoms with van der Waals surface area (Å²) in [6, 6.07) is 14.6. The Kier molecular flexibility index (Phi) is 7.52. The first-order valence-corrected chi connectivity index (χ1v) is 10.5. The van der Waals surface area contributed by atoms with Gasteiger partial charge in [0.15, 0.2) is 6.29 Å². The fraction of sp³-hybridized carbons (Fsp3) is 0.250. The Balaban J connectivity index is 2.01. The first-order chi connectivity index (χ1) is 16.2. The molecule has 0 radical (unpaired) electrons. The van der Waals surface area contributed by atoms with Crippen LogP contribution < -0.4 is 20.0 Å². The maximum Gasteiger partial charge on any atom is 0.322 e. The van der Waals surface area contributed by atoms with Gasteiger partial charge in [0, 0.05) is 49.7 Å². The van der Waals surface area contributed by atoms with Gasteiger partial charge in [0.2, 0.25) is 5.91 Å². The average Bonchev–Trinajstić information content (AvgIpc) is 2.83. The van der Waals surface area contributed by atoms with E-state index in [-0.39, 0.29) is 24.4 Å². The van der Waals surface area contributed by atoms with Crippen LogP contribution in [0.5, 0.6) is 0 Å². The van der Waals surface area contributed by atoms with Crippen molar-refractivity contribution in [3.63, 3.8) is 0 Å². The molecule has 178 valence electrons. The molecule has 3 N–H and O–H groups in total. The van der Waals surface area contributed by atoms with Crippen molar-refractivity contribution in [1.29, 1.82) is 0 Å². The topological polar surface area (TPSA) is 130 Å². The lowest BCUT2D eigenvalue weighted by atomic mass is 10.0. The van der Waals surface area contributed by atoms with Gasteiger partial charge in [-0.25, -0.2) is 0 Å². The van der Waals surface area contributed by atoms with Crippen molar-refractivity contribution in [2.45, 2.75) is 6.42 Å². The molecule has 1 fully saturated rings. The van der Waals surface area contributed by atoms with E-state index in [1.54, 1.807) is 36.0 Å². The zero-order valence-corrected chi connectivity index (χ0v) is 18.9. The van der Waals surface area contributed by atoms with Crippen LogP contribution in [0.15, 0.2) is 54.1 Å². The molecule has 1 heterocycles. The highest BCUT2D eigenvalue weighted by Crippen LogP contribution is 2.32. The number of aliphatic carboxylic acids is 1. The first kappa shape index (κ1) is 24.3. The largest absolute Gasteiger partial charge is 0.506 e. The number of rotatable bonds is 8. The fourth-order valence-electron chi connectivity index (χ4n) is 3.65.